The largest absolute Gasteiger partial charge is 0.507 e. The smallest absolute Gasteiger partial charge is 0.339 e. The molecule has 0 aliphatic heterocycles. The van der Waals surface area contributed by atoms with Gasteiger partial charge in [-0.1, -0.05) is 13.8 Å². The molecule has 1 aromatic carbocycles. The molecular weight excluding hydrogens is 248 g/mol. The highest BCUT2D eigenvalue weighted by atomic mass is 16.4. The van der Waals surface area contributed by atoms with E-state index in [1.165, 1.54) is 18.2 Å². The number of hydrogen-bond acceptors (Lipinski definition) is 4. The lowest BCUT2D eigenvalue weighted by Gasteiger charge is -2.18. The molecule has 0 aliphatic rings. The van der Waals surface area contributed by atoms with E-state index in [0.29, 0.717) is 5.69 Å². The minimum absolute atomic E-state index is 0.0843. The highest BCUT2D eigenvalue weighted by Gasteiger charge is 2.21. The van der Waals surface area contributed by atoms with Crippen molar-refractivity contribution in [1.82, 2.24) is 0 Å². The first-order chi connectivity index (χ1) is 8.86. The van der Waals surface area contributed by atoms with Crippen molar-refractivity contribution in [2.24, 2.45) is 17.6 Å². The average Bonchev–Trinajstić information content (AvgIpc) is 2.31. The molecule has 0 radical (unpaired) electrons. The second-order valence-electron chi connectivity index (χ2n) is 4.61. The number of nitrogens with two attached hydrogens (primary N) is 1. The van der Waals surface area contributed by atoms with E-state index in [1.807, 2.05) is 13.8 Å². The highest BCUT2D eigenvalue weighted by molar-refractivity contribution is 5.96. The Morgan fingerprint density at radius 3 is 2.47 bits per heavy atom. The minimum atomic E-state index is -1.26. The summed E-state index contributed by atoms with van der Waals surface area (Å²) in [4.78, 5) is 22.8. The van der Waals surface area contributed by atoms with Gasteiger partial charge in [0, 0.05) is 12.2 Å². The zero-order valence-corrected chi connectivity index (χ0v) is 10.9. The minimum Gasteiger partial charge on any atom is -0.507 e. The van der Waals surface area contributed by atoms with Gasteiger partial charge in [-0.15, -0.1) is 0 Å². The van der Waals surface area contributed by atoms with Gasteiger partial charge in [0.25, 0.3) is 0 Å². The van der Waals surface area contributed by atoms with Crippen LogP contribution in [-0.2, 0) is 4.79 Å². The second-order valence-corrected chi connectivity index (χ2v) is 4.61. The Labute approximate surface area is 111 Å². The first kappa shape index (κ1) is 15.0. The molecule has 0 aromatic heterocycles. The lowest BCUT2D eigenvalue weighted by molar-refractivity contribution is -0.120. The van der Waals surface area contributed by atoms with Crippen molar-refractivity contribution in [1.29, 1.82) is 0 Å². The normalized spacial score (nSPS) is 12.2. The van der Waals surface area contributed by atoms with Gasteiger partial charge in [0.05, 0.1) is 5.92 Å². The molecule has 0 bridgehead atoms. The van der Waals surface area contributed by atoms with Gasteiger partial charge in [-0.05, 0) is 24.1 Å². The quantitative estimate of drug-likeness (QED) is 0.599. The number of rotatable bonds is 5. The van der Waals surface area contributed by atoms with Crippen molar-refractivity contribution in [3.8, 4) is 5.75 Å². The molecule has 6 heteroatoms. The molecule has 0 spiro atoms. The lowest BCUT2D eigenvalue weighted by atomic mass is 9.95. The molecule has 104 valence electrons. The Hall–Kier alpha value is -2.08. The molecule has 1 atom stereocenters. The average molecular weight is 266 g/mol. The van der Waals surface area contributed by atoms with Crippen LogP contribution in [0.5, 0.6) is 5.75 Å². The zero-order chi connectivity index (χ0) is 14.6. The van der Waals surface area contributed by atoms with Gasteiger partial charge in [-0.25, -0.2) is 4.79 Å². The molecule has 1 amide bonds. The molecule has 5 N–H and O–H groups in total. The van der Waals surface area contributed by atoms with E-state index >= 15 is 0 Å². The molecule has 1 aromatic rings. The monoisotopic (exact) mass is 266 g/mol. The van der Waals surface area contributed by atoms with E-state index < -0.39 is 5.97 Å². The Kier molecular flexibility index (Phi) is 4.88. The molecular formula is C13H18N2O4. The Balaban J connectivity index is 2.91. The molecule has 0 fully saturated rings. The number of amides is 1. The molecule has 1 rings (SSSR count). The molecule has 1 unspecified atom stereocenters. The maximum atomic E-state index is 12.0. The summed E-state index contributed by atoms with van der Waals surface area (Å²) in [5.74, 6) is -2.12. The summed E-state index contributed by atoms with van der Waals surface area (Å²) in [6, 6.07) is 3.88. The maximum absolute atomic E-state index is 12.0. The number of carbonyl (C=O) groups excluding carboxylic acids is 1. The molecule has 0 aliphatic carbocycles. The predicted molar refractivity (Wildman–Crippen MR) is 71.1 cm³/mol. The SMILES string of the molecule is CC(C)C(CN)C(=O)Nc1ccc(O)c(C(=O)O)c1. The van der Waals surface area contributed by atoms with Crippen molar-refractivity contribution in [2.75, 3.05) is 11.9 Å². The molecule has 0 saturated carbocycles. The van der Waals surface area contributed by atoms with Crippen molar-refractivity contribution < 1.29 is 19.8 Å². The standard InChI is InChI=1S/C13H18N2O4/c1-7(2)10(6-14)12(17)15-8-3-4-11(16)9(5-8)13(18)19/h3-5,7,10,16H,6,14H2,1-2H3,(H,15,17)(H,18,19). The lowest BCUT2D eigenvalue weighted by Crippen LogP contribution is -2.33. The summed E-state index contributed by atoms with van der Waals surface area (Å²) >= 11 is 0. The Morgan fingerprint density at radius 2 is 2.00 bits per heavy atom. The fraction of sp³-hybridized carbons (Fsp3) is 0.385. The molecule has 0 saturated heterocycles. The number of hydrogen-bond donors (Lipinski definition) is 4. The number of nitrogens with one attached hydrogen (secondary N) is 1. The summed E-state index contributed by atoms with van der Waals surface area (Å²) in [5.41, 5.74) is 5.60. The van der Waals surface area contributed by atoms with Gasteiger partial charge in [0.15, 0.2) is 0 Å². The summed E-state index contributed by atoms with van der Waals surface area (Å²) in [6.07, 6.45) is 0. The number of benzene rings is 1. The second kappa shape index (κ2) is 6.19. The third kappa shape index (κ3) is 3.69. The topological polar surface area (TPSA) is 113 Å². The van der Waals surface area contributed by atoms with Crippen molar-refractivity contribution in [3.05, 3.63) is 23.8 Å². The van der Waals surface area contributed by atoms with Gasteiger partial charge in [-0.2, -0.15) is 0 Å². The van der Waals surface area contributed by atoms with Gasteiger partial charge in [-0.3, -0.25) is 4.79 Å². The fourth-order valence-electron chi connectivity index (χ4n) is 1.70. The zero-order valence-electron chi connectivity index (χ0n) is 10.9. The van der Waals surface area contributed by atoms with Crippen molar-refractivity contribution in [2.45, 2.75) is 13.8 Å². The van der Waals surface area contributed by atoms with E-state index in [2.05, 4.69) is 5.32 Å². The van der Waals surface area contributed by atoms with Crippen LogP contribution in [0, 0.1) is 11.8 Å². The van der Waals surface area contributed by atoms with Gasteiger partial charge >= 0.3 is 5.97 Å². The molecule has 19 heavy (non-hydrogen) atoms. The van der Waals surface area contributed by atoms with Crippen LogP contribution >= 0.6 is 0 Å². The van der Waals surface area contributed by atoms with Gasteiger partial charge < -0.3 is 21.3 Å². The predicted octanol–water partition coefficient (Wildman–Crippen LogP) is 1.26. The number of aromatic carboxylic acids is 1. The molecule has 6 nitrogen and oxygen atoms in total. The number of carboxylic acids is 1. The maximum Gasteiger partial charge on any atom is 0.339 e. The highest BCUT2D eigenvalue weighted by Crippen LogP contribution is 2.22. The number of phenols is 1. The van der Waals surface area contributed by atoms with Crippen LogP contribution in [-0.4, -0.2) is 28.6 Å². The number of carbonyl (C=O) groups is 2. The van der Waals surface area contributed by atoms with Crippen LogP contribution in [0.15, 0.2) is 18.2 Å². The Morgan fingerprint density at radius 1 is 1.37 bits per heavy atom. The summed E-state index contributed by atoms with van der Waals surface area (Å²) in [7, 11) is 0. The molecule has 0 heterocycles. The Bertz CT molecular complexity index is 486. The first-order valence-corrected chi connectivity index (χ1v) is 5.94. The van der Waals surface area contributed by atoms with Crippen molar-refractivity contribution >= 4 is 17.6 Å². The van der Waals surface area contributed by atoms with E-state index in [4.69, 9.17) is 10.8 Å². The number of carboxylic acid groups (broad SMARTS) is 1. The van der Waals surface area contributed by atoms with Gasteiger partial charge in [0.1, 0.15) is 11.3 Å². The number of anilines is 1. The first-order valence-electron chi connectivity index (χ1n) is 5.94. The van der Waals surface area contributed by atoms with Crippen molar-refractivity contribution in [3.63, 3.8) is 0 Å². The summed E-state index contributed by atoms with van der Waals surface area (Å²) in [5, 5.41) is 20.8. The third-order valence-electron chi connectivity index (χ3n) is 2.89. The summed E-state index contributed by atoms with van der Waals surface area (Å²) in [6.45, 7) is 3.99. The van der Waals surface area contributed by atoms with E-state index in [1.54, 1.807) is 0 Å². The van der Waals surface area contributed by atoms with Crippen LogP contribution in [0.3, 0.4) is 0 Å². The van der Waals surface area contributed by atoms with Crippen LogP contribution in [0.25, 0.3) is 0 Å². The fourth-order valence-corrected chi connectivity index (χ4v) is 1.70. The third-order valence-corrected chi connectivity index (χ3v) is 2.89. The van der Waals surface area contributed by atoms with Gasteiger partial charge in [0.2, 0.25) is 5.91 Å². The van der Waals surface area contributed by atoms with Crippen LogP contribution < -0.4 is 11.1 Å². The number of aromatic hydroxyl groups is 1. The van der Waals surface area contributed by atoms with Crippen LogP contribution in [0.2, 0.25) is 0 Å². The van der Waals surface area contributed by atoms with E-state index in [0.717, 1.165) is 0 Å². The van der Waals surface area contributed by atoms with Crippen LogP contribution in [0.4, 0.5) is 5.69 Å². The van der Waals surface area contributed by atoms with E-state index in [9.17, 15) is 14.7 Å². The van der Waals surface area contributed by atoms with E-state index in [-0.39, 0.29) is 35.6 Å². The van der Waals surface area contributed by atoms with Crippen LogP contribution in [0.1, 0.15) is 24.2 Å². The summed E-state index contributed by atoms with van der Waals surface area (Å²) < 4.78 is 0.